The molecule has 0 unspecified atom stereocenters. The first kappa shape index (κ1) is 43.7. The maximum atomic E-state index is 12.4. The molecule has 0 saturated heterocycles. The second-order valence-electron chi connectivity index (χ2n) is 12.5. The molecule has 0 N–H and O–H groups in total. The van der Waals surface area contributed by atoms with Crippen LogP contribution in [0.4, 0.5) is 0 Å². The van der Waals surface area contributed by atoms with Crippen LogP contribution in [0.2, 0.25) is 0 Å². The van der Waals surface area contributed by atoms with E-state index in [2.05, 4.69) is 13.8 Å². The summed E-state index contributed by atoms with van der Waals surface area (Å²) in [6.45, 7) is 4.04. The fourth-order valence-corrected chi connectivity index (χ4v) is 6.04. The lowest BCUT2D eigenvalue weighted by Crippen LogP contribution is -2.29. The van der Waals surface area contributed by atoms with E-state index in [9.17, 15) is 14.2 Å². The summed E-state index contributed by atoms with van der Waals surface area (Å²) in [6, 6.07) is 0. The maximum absolute atomic E-state index is 12.4. The topological polar surface area (TPSA) is 78.9 Å². The van der Waals surface area contributed by atoms with E-state index in [-0.39, 0.29) is 25.6 Å². The Morgan fingerprint density at radius 1 is 0.500 bits per heavy atom. The molecule has 0 aromatic heterocycles. The quantitative estimate of drug-likeness (QED) is 0.0381. The van der Waals surface area contributed by atoms with Crippen LogP contribution in [0.25, 0.3) is 0 Å². The van der Waals surface area contributed by atoms with Gasteiger partial charge in [0.05, 0.1) is 6.61 Å². The summed E-state index contributed by atoms with van der Waals surface area (Å²) in [4.78, 5) is 24.6. The van der Waals surface area contributed by atoms with Crippen molar-refractivity contribution in [1.82, 2.24) is 0 Å². The monoisotopic (exact) mass is 684 g/mol. The van der Waals surface area contributed by atoms with Crippen LogP contribution in [0.5, 0.6) is 0 Å². The van der Waals surface area contributed by atoms with Crippen molar-refractivity contribution in [3.8, 4) is 0 Å². The van der Waals surface area contributed by atoms with Gasteiger partial charge in [-0.15, -0.1) is 0 Å². The summed E-state index contributed by atoms with van der Waals surface area (Å²) in [5, 5.41) is 0. The van der Waals surface area contributed by atoms with Gasteiger partial charge in [-0.05, 0) is 35.3 Å². The number of unbranched alkanes of at least 4 members (excludes halogenated alkanes) is 24. The standard InChI is InChI=1S/C35H67Cl2O6P/c1-3-5-7-9-11-13-15-17-19-21-23-25-27-29-34(38)41-31-33(32-42-44(36,37)40)43-35(39)30-28-26-24-22-20-18-16-14-12-10-8-6-4-2/h33H,3-32H2,1-2H3/t33-/m0/s1. The lowest BCUT2D eigenvalue weighted by atomic mass is 10.0. The van der Waals surface area contributed by atoms with E-state index in [0.29, 0.717) is 6.42 Å². The van der Waals surface area contributed by atoms with E-state index in [1.165, 1.54) is 128 Å². The highest BCUT2D eigenvalue weighted by Gasteiger charge is 2.22. The van der Waals surface area contributed by atoms with Crippen LogP contribution in [-0.2, 0) is 28.2 Å². The molecular formula is C35H67Cl2O6P. The lowest BCUT2D eigenvalue weighted by molar-refractivity contribution is -0.161. The number of halogens is 2. The highest BCUT2D eigenvalue weighted by atomic mass is 35.9. The molecule has 9 heteroatoms. The number of hydrogen-bond acceptors (Lipinski definition) is 6. The third-order valence-electron chi connectivity index (χ3n) is 8.11. The van der Waals surface area contributed by atoms with Crippen LogP contribution < -0.4 is 0 Å². The number of rotatable bonds is 34. The van der Waals surface area contributed by atoms with Crippen LogP contribution in [0, 0.1) is 0 Å². The van der Waals surface area contributed by atoms with E-state index in [1.54, 1.807) is 0 Å². The van der Waals surface area contributed by atoms with E-state index in [1.807, 2.05) is 0 Å². The first-order valence-corrected chi connectivity index (χ1v) is 21.7. The number of ether oxygens (including phenoxy) is 2. The van der Waals surface area contributed by atoms with Crippen molar-refractivity contribution in [2.24, 2.45) is 0 Å². The Bertz CT molecular complexity index is 703. The smallest absolute Gasteiger partial charge is 0.380 e. The molecule has 0 aliphatic carbocycles. The summed E-state index contributed by atoms with van der Waals surface area (Å²) in [7, 11) is 0. The Morgan fingerprint density at radius 3 is 1.16 bits per heavy atom. The van der Waals surface area contributed by atoms with Crippen molar-refractivity contribution in [2.75, 3.05) is 13.2 Å². The summed E-state index contributed by atoms with van der Waals surface area (Å²) >= 11 is 11.0. The normalized spacial score (nSPS) is 12.4. The van der Waals surface area contributed by atoms with Gasteiger partial charge in [0.1, 0.15) is 6.61 Å². The molecule has 0 aliphatic heterocycles. The highest BCUT2D eigenvalue weighted by Crippen LogP contribution is 2.57. The van der Waals surface area contributed by atoms with Crippen molar-refractivity contribution in [2.45, 2.75) is 200 Å². The molecular weight excluding hydrogens is 618 g/mol. The van der Waals surface area contributed by atoms with Gasteiger partial charge in [0.25, 0.3) is 0 Å². The Labute approximate surface area is 280 Å². The second-order valence-corrected chi connectivity index (χ2v) is 16.8. The summed E-state index contributed by atoms with van der Waals surface area (Å²) in [5.74, 6) is -0.737. The zero-order valence-electron chi connectivity index (χ0n) is 28.4. The minimum absolute atomic E-state index is 0.171. The Kier molecular flexibility index (Phi) is 32.4. The minimum atomic E-state index is -3.79. The molecule has 262 valence electrons. The van der Waals surface area contributed by atoms with Crippen molar-refractivity contribution >= 4 is 40.5 Å². The molecule has 6 nitrogen and oxygen atoms in total. The second kappa shape index (κ2) is 32.6. The minimum Gasteiger partial charge on any atom is -0.462 e. The van der Waals surface area contributed by atoms with Gasteiger partial charge in [-0.2, -0.15) is 0 Å². The molecule has 0 fully saturated rings. The van der Waals surface area contributed by atoms with Crippen LogP contribution in [0.1, 0.15) is 194 Å². The zero-order valence-corrected chi connectivity index (χ0v) is 30.8. The van der Waals surface area contributed by atoms with Crippen LogP contribution in [-0.4, -0.2) is 31.3 Å². The van der Waals surface area contributed by atoms with Crippen LogP contribution >= 0.6 is 28.6 Å². The molecule has 0 amide bonds. The van der Waals surface area contributed by atoms with Crippen molar-refractivity contribution < 1.29 is 28.2 Å². The SMILES string of the molecule is CCCCCCCCCCCCCCCC(=O)OC[C@@H](COP(=O)(Cl)Cl)OC(=O)CCCCCCCCCCCCCCC. The lowest BCUT2D eigenvalue weighted by Gasteiger charge is -2.18. The van der Waals surface area contributed by atoms with Gasteiger partial charge in [-0.1, -0.05) is 168 Å². The van der Waals surface area contributed by atoms with E-state index in [4.69, 9.17) is 36.5 Å². The number of carbonyl (C=O) groups is 2. The molecule has 0 aromatic carbocycles. The molecule has 0 aliphatic rings. The zero-order chi connectivity index (χ0) is 32.6. The molecule has 0 heterocycles. The van der Waals surface area contributed by atoms with Gasteiger partial charge in [-0.3, -0.25) is 14.2 Å². The van der Waals surface area contributed by atoms with Gasteiger partial charge in [-0.25, -0.2) is 0 Å². The van der Waals surface area contributed by atoms with E-state index < -0.39 is 18.1 Å². The molecule has 0 spiro atoms. The maximum Gasteiger partial charge on any atom is 0.380 e. The fraction of sp³-hybridized carbons (Fsp3) is 0.943. The highest BCUT2D eigenvalue weighted by molar-refractivity contribution is 8.05. The Morgan fingerprint density at radius 2 is 0.818 bits per heavy atom. The average Bonchev–Trinajstić information content (AvgIpc) is 2.98. The predicted molar refractivity (Wildman–Crippen MR) is 187 cm³/mol. The fourth-order valence-electron chi connectivity index (χ4n) is 5.36. The molecule has 0 radical (unpaired) electrons. The summed E-state index contributed by atoms with van der Waals surface area (Å²) in [6.07, 6.45) is 28.0. The molecule has 44 heavy (non-hydrogen) atoms. The third-order valence-corrected chi connectivity index (χ3v) is 9.14. The Balaban J connectivity index is 3.94. The molecule has 0 saturated carbocycles. The number of esters is 2. The molecule has 1 atom stereocenters. The van der Waals surface area contributed by atoms with Crippen LogP contribution in [0.3, 0.4) is 0 Å². The summed E-state index contributed by atoms with van der Waals surface area (Å²) in [5.41, 5.74) is 0. The molecule has 0 aromatic rings. The third kappa shape index (κ3) is 34.6. The average molecular weight is 686 g/mol. The van der Waals surface area contributed by atoms with Crippen LogP contribution in [0.15, 0.2) is 0 Å². The predicted octanol–water partition coefficient (Wildman–Crippen LogP) is 13.0. The van der Waals surface area contributed by atoms with E-state index >= 15 is 0 Å². The van der Waals surface area contributed by atoms with E-state index in [0.717, 1.165) is 38.5 Å². The first-order valence-electron chi connectivity index (χ1n) is 18.3. The Hall–Kier alpha value is -0.290. The van der Waals surface area contributed by atoms with Crippen molar-refractivity contribution in [3.63, 3.8) is 0 Å². The first-order chi connectivity index (χ1) is 21.3. The van der Waals surface area contributed by atoms with Gasteiger partial charge in [0.15, 0.2) is 6.10 Å². The van der Waals surface area contributed by atoms with Gasteiger partial charge >= 0.3 is 18.0 Å². The van der Waals surface area contributed by atoms with Crippen molar-refractivity contribution in [1.29, 1.82) is 0 Å². The number of carbonyl (C=O) groups excluding carboxylic acids is 2. The number of hydrogen-bond donors (Lipinski definition) is 0. The van der Waals surface area contributed by atoms with Gasteiger partial charge < -0.3 is 14.0 Å². The van der Waals surface area contributed by atoms with Gasteiger partial charge in [0.2, 0.25) is 0 Å². The largest absolute Gasteiger partial charge is 0.462 e. The molecule has 0 rings (SSSR count). The van der Waals surface area contributed by atoms with Gasteiger partial charge in [0, 0.05) is 12.8 Å². The van der Waals surface area contributed by atoms with Crippen molar-refractivity contribution in [3.05, 3.63) is 0 Å². The molecule has 0 bridgehead atoms. The summed E-state index contributed by atoms with van der Waals surface area (Å²) < 4.78 is 27.3.